The van der Waals surface area contributed by atoms with E-state index in [0.717, 1.165) is 17.0 Å². The summed E-state index contributed by atoms with van der Waals surface area (Å²) >= 11 is 6.70. The molecule has 0 N–H and O–H groups in total. The van der Waals surface area contributed by atoms with Gasteiger partial charge in [-0.15, -0.1) is 0 Å². The molecule has 3 aromatic carbocycles. The molecule has 0 bridgehead atoms. The lowest BCUT2D eigenvalue weighted by atomic mass is 9.67. The van der Waals surface area contributed by atoms with Gasteiger partial charge in [-0.1, -0.05) is 101 Å². The van der Waals surface area contributed by atoms with Crippen LogP contribution in [0.5, 0.6) is 0 Å². The second-order valence-corrected chi connectivity index (χ2v) is 10.7. The van der Waals surface area contributed by atoms with E-state index in [1.165, 1.54) is 43.8 Å². The van der Waals surface area contributed by atoms with Crippen molar-refractivity contribution in [2.75, 3.05) is 0 Å². The minimum Gasteiger partial charge on any atom is -0.0837 e. The average molecular weight is 425 g/mol. The van der Waals surface area contributed by atoms with Crippen LogP contribution in [0.25, 0.3) is 22.8 Å². The maximum atomic E-state index is 6.70. The van der Waals surface area contributed by atoms with E-state index in [9.17, 15) is 0 Å². The molecule has 2 aliphatic carbocycles. The average Bonchev–Trinajstić information content (AvgIpc) is 2.94. The van der Waals surface area contributed by atoms with Crippen molar-refractivity contribution >= 4 is 23.3 Å². The van der Waals surface area contributed by atoms with E-state index in [-0.39, 0.29) is 10.8 Å². The Bertz CT molecular complexity index is 1360. The smallest absolute Gasteiger partial charge is 0.0484 e. The van der Waals surface area contributed by atoms with Crippen molar-refractivity contribution in [1.29, 1.82) is 0 Å². The Kier molecular flexibility index (Phi) is 4.57. The molecule has 0 aromatic heterocycles. The Morgan fingerprint density at radius 1 is 0.839 bits per heavy atom. The zero-order chi connectivity index (χ0) is 22.0. The van der Waals surface area contributed by atoms with Crippen molar-refractivity contribution in [3.63, 3.8) is 0 Å². The monoisotopic (exact) mass is 424 g/mol. The van der Waals surface area contributed by atoms with Gasteiger partial charge in [0.25, 0.3) is 0 Å². The number of halogens is 1. The van der Waals surface area contributed by atoms with Gasteiger partial charge in [-0.2, -0.15) is 0 Å². The summed E-state index contributed by atoms with van der Waals surface area (Å²) in [6.07, 6.45) is 7.95. The third-order valence-electron chi connectivity index (χ3n) is 6.89. The minimum absolute atomic E-state index is 0.00536. The van der Waals surface area contributed by atoms with Crippen LogP contribution in [-0.4, -0.2) is 0 Å². The first kappa shape index (κ1) is 20.3. The van der Waals surface area contributed by atoms with Gasteiger partial charge in [0.2, 0.25) is 0 Å². The summed E-state index contributed by atoms with van der Waals surface area (Å²) in [6, 6.07) is 19.9. The summed E-state index contributed by atoms with van der Waals surface area (Å²) in [7, 11) is 0. The molecule has 0 atom stereocenters. The summed E-state index contributed by atoms with van der Waals surface area (Å²) in [4.78, 5) is 0. The van der Waals surface area contributed by atoms with Gasteiger partial charge in [-0.05, 0) is 73.9 Å². The summed E-state index contributed by atoms with van der Waals surface area (Å²) < 4.78 is 0. The van der Waals surface area contributed by atoms with Crippen LogP contribution in [0.3, 0.4) is 0 Å². The normalized spacial score (nSPS) is 16.3. The molecular formula is C30H29Cl. The molecule has 2 aliphatic rings. The fourth-order valence-corrected chi connectivity index (χ4v) is 5.50. The van der Waals surface area contributed by atoms with Crippen molar-refractivity contribution in [2.24, 2.45) is 0 Å². The van der Waals surface area contributed by atoms with E-state index in [1.807, 2.05) is 12.1 Å². The van der Waals surface area contributed by atoms with Crippen LogP contribution >= 0.6 is 11.6 Å². The Morgan fingerprint density at radius 2 is 1.61 bits per heavy atom. The second kappa shape index (κ2) is 6.97. The van der Waals surface area contributed by atoms with E-state index in [0.29, 0.717) is 0 Å². The van der Waals surface area contributed by atoms with Gasteiger partial charge in [0, 0.05) is 16.0 Å². The zero-order valence-electron chi connectivity index (χ0n) is 19.0. The summed E-state index contributed by atoms with van der Waals surface area (Å²) in [5, 5.41) is 3.56. The highest BCUT2D eigenvalue weighted by Gasteiger charge is 2.35. The fourth-order valence-electron chi connectivity index (χ4n) is 5.26. The van der Waals surface area contributed by atoms with Gasteiger partial charge in [-0.25, -0.2) is 0 Å². The van der Waals surface area contributed by atoms with Gasteiger partial charge in [-0.3, -0.25) is 0 Å². The maximum absolute atomic E-state index is 6.70. The molecule has 0 saturated carbocycles. The molecular weight excluding hydrogens is 396 g/mol. The summed E-state index contributed by atoms with van der Waals surface area (Å²) in [5.74, 6) is 0. The van der Waals surface area contributed by atoms with Gasteiger partial charge in [0.15, 0.2) is 0 Å². The molecule has 156 valence electrons. The first-order valence-electron chi connectivity index (χ1n) is 11.1. The SMILES string of the molecule is CC(C)(C)c1cc2c(cc1-c1ccccc1Cl)C(C)(C)c1cccc3c1=C2C=CCC=3. The number of hydrogen-bond donors (Lipinski definition) is 0. The molecule has 0 radical (unpaired) electrons. The molecule has 3 aromatic rings. The summed E-state index contributed by atoms with van der Waals surface area (Å²) in [5.41, 5.74) is 9.09. The Morgan fingerprint density at radius 3 is 2.35 bits per heavy atom. The van der Waals surface area contributed by atoms with Crippen LogP contribution in [0.4, 0.5) is 0 Å². The predicted octanol–water partition coefficient (Wildman–Crippen LogP) is 6.88. The van der Waals surface area contributed by atoms with Crippen LogP contribution in [0.1, 0.15) is 63.3 Å². The van der Waals surface area contributed by atoms with Gasteiger partial charge in [0.1, 0.15) is 0 Å². The van der Waals surface area contributed by atoms with Gasteiger partial charge in [0.05, 0.1) is 0 Å². The third-order valence-corrected chi connectivity index (χ3v) is 7.22. The lowest BCUT2D eigenvalue weighted by molar-refractivity contribution is 0.587. The first-order chi connectivity index (χ1) is 14.7. The highest BCUT2D eigenvalue weighted by molar-refractivity contribution is 6.33. The lowest BCUT2D eigenvalue weighted by Crippen LogP contribution is -2.41. The topological polar surface area (TPSA) is 0 Å². The quantitative estimate of drug-likeness (QED) is 0.399. The minimum atomic E-state index is -0.0946. The number of hydrogen-bond acceptors (Lipinski definition) is 0. The second-order valence-electron chi connectivity index (χ2n) is 10.3. The van der Waals surface area contributed by atoms with Gasteiger partial charge < -0.3 is 0 Å². The van der Waals surface area contributed by atoms with E-state index in [1.54, 1.807) is 0 Å². The lowest BCUT2D eigenvalue weighted by Gasteiger charge is -2.36. The predicted molar refractivity (Wildman–Crippen MR) is 134 cm³/mol. The van der Waals surface area contributed by atoms with E-state index in [2.05, 4.69) is 95.3 Å². The highest BCUT2D eigenvalue weighted by atomic mass is 35.5. The van der Waals surface area contributed by atoms with Gasteiger partial charge >= 0.3 is 0 Å². The van der Waals surface area contributed by atoms with Crippen molar-refractivity contribution in [2.45, 2.75) is 51.9 Å². The number of benzene rings is 3. The van der Waals surface area contributed by atoms with Crippen LogP contribution in [0, 0.1) is 0 Å². The molecule has 0 aliphatic heterocycles. The molecule has 0 amide bonds. The maximum Gasteiger partial charge on any atom is 0.0484 e. The molecule has 0 fully saturated rings. The number of rotatable bonds is 1. The van der Waals surface area contributed by atoms with E-state index in [4.69, 9.17) is 11.6 Å². The fraction of sp³-hybridized carbons (Fsp3) is 0.267. The standard InChI is InChI=1S/C30H29Cl/c1-29(2,3)25-17-23-21-14-7-6-11-19-12-10-15-24(28(19)21)30(4,5)26(23)18-22(25)20-13-8-9-16-27(20)31/h7-18H,6H2,1-5H3. The third kappa shape index (κ3) is 3.12. The Labute approximate surface area is 190 Å². The molecule has 1 heteroatoms. The Balaban J connectivity index is 1.96. The molecule has 0 spiro atoms. The highest BCUT2D eigenvalue weighted by Crippen LogP contribution is 2.45. The molecule has 0 heterocycles. The van der Waals surface area contributed by atoms with E-state index >= 15 is 0 Å². The largest absolute Gasteiger partial charge is 0.0837 e. The molecule has 31 heavy (non-hydrogen) atoms. The van der Waals surface area contributed by atoms with Crippen molar-refractivity contribution in [1.82, 2.24) is 0 Å². The number of allylic oxidation sites excluding steroid dienone is 2. The molecule has 5 rings (SSSR count). The Hall–Kier alpha value is -2.57. The molecule has 0 nitrogen and oxygen atoms in total. The van der Waals surface area contributed by atoms with Crippen LogP contribution in [0.15, 0.2) is 66.7 Å². The van der Waals surface area contributed by atoms with E-state index < -0.39 is 0 Å². The summed E-state index contributed by atoms with van der Waals surface area (Å²) in [6.45, 7) is 11.6. The first-order valence-corrected chi connectivity index (χ1v) is 11.5. The molecule has 0 unspecified atom stereocenters. The molecule has 0 saturated heterocycles. The van der Waals surface area contributed by atoms with Crippen molar-refractivity contribution < 1.29 is 0 Å². The van der Waals surface area contributed by atoms with Crippen LogP contribution in [-0.2, 0) is 10.8 Å². The van der Waals surface area contributed by atoms with Crippen LogP contribution in [0.2, 0.25) is 5.02 Å². The number of fused-ring (bicyclic) bond motifs is 2. The zero-order valence-corrected chi connectivity index (χ0v) is 19.8. The van der Waals surface area contributed by atoms with Crippen LogP contribution < -0.4 is 10.4 Å². The van der Waals surface area contributed by atoms with Crippen molar-refractivity contribution in [3.8, 4) is 11.1 Å². The van der Waals surface area contributed by atoms with Crippen molar-refractivity contribution in [3.05, 3.63) is 104 Å².